The fraction of sp³-hybridized carbons (Fsp3) is 0.190. The van der Waals surface area contributed by atoms with Crippen LogP contribution in [0.15, 0.2) is 66.0 Å². The Labute approximate surface area is 156 Å². The van der Waals surface area contributed by atoms with E-state index < -0.39 is 0 Å². The molecule has 3 aromatic rings. The first-order chi connectivity index (χ1) is 12.7. The molecule has 0 unspecified atom stereocenters. The van der Waals surface area contributed by atoms with Crippen molar-refractivity contribution in [3.63, 3.8) is 0 Å². The van der Waals surface area contributed by atoms with Gasteiger partial charge in [0.2, 0.25) is 0 Å². The maximum atomic E-state index is 13.0. The largest absolute Gasteiger partial charge is 0.328 e. The van der Waals surface area contributed by atoms with Crippen molar-refractivity contribution in [2.24, 2.45) is 0 Å². The summed E-state index contributed by atoms with van der Waals surface area (Å²) in [7, 11) is 0. The molecule has 0 saturated carbocycles. The molecule has 2 aromatic carbocycles. The molecular weight excluding hydrogens is 347 g/mol. The van der Waals surface area contributed by atoms with Crippen molar-refractivity contribution in [3.05, 3.63) is 87.9 Å². The topological polar surface area (TPSA) is 45.7 Å². The molecule has 3 nitrogen and oxygen atoms in total. The lowest BCUT2D eigenvalue weighted by molar-refractivity contribution is -0.675. The fourth-order valence-corrected chi connectivity index (χ4v) is 3.67. The van der Waals surface area contributed by atoms with Crippen LogP contribution in [0.1, 0.15) is 29.0 Å². The summed E-state index contributed by atoms with van der Waals surface area (Å²) in [4.78, 5) is 13.5. The van der Waals surface area contributed by atoms with Crippen molar-refractivity contribution in [1.82, 2.24) is 0 Å². The number of amides is 1. The minimum Gasteiger partial charge on any atom is -0.328 e. The Kier molecular flexibility index (Phi) is 6.15. The van der Waals surface area contributed by atoms with Crippen molar-refractivity contribution in [3.8, 4) is 0 Å². The van der Waals surface area contributed by atoms with Crippen LogP contribution in [-0.2, 0) is 11.2 Å². The van der Waals surface area contributed by atoms with E-state index >= 15 is 0 Å². The number of nitrogens with two attached hydrogens (primary N) is 1. The summed E-state index contributed by atoms with van der Waals surface area (Å²) in [5, 5.41) is 6.89. The van der Waals surface area contributed by atoms with Crippen molar-refractivity contribution in [2.75, 3.05) is 11.9 Å². The molecule has 1 amide bonds. The van der Waals surface area contributed by atoms with Gasteiger partial charge in [-0.25, -0.2) is 4.39 Å². The Morgan fingerprint density at radius 1 is 1.12 bits per heavy atom. The van der Waals surface area contributed by atoms with E-state index in [-0.39, 0.29) is 24.3 Å². The number of quaternary nitrogens is 1. The number of thiophene rings is 1. The number of hydrogen-bond donors (Lipinski definition) is 2. The number of anilines is 1. The Morgan fingerprint density at radius 2 is 1.85 bits per heavy atom. The molecule has 0 aliphatic carbocycles. The molecule has 5 heteroatoms. The quantitative estimate of drug-likeness (QED) is 0.655. The van der Waals surface area contributed by atoms with E-state index in [9.17, 15) is 9.18 Å². The van der Waals surface area contributed by atoms with Gasteiger partial charge in [-0.15, -0.1) is 11.3 Å². The Hall–Kier alpha value is -2.50. The highest BCUT2D eigenvalue weighted by Crippen LogP contribution is 2.23. The summed E-state index contributed by atoms with van der Waals surface area (Å²) in [6.07, 6.45) is 1.01. The second-order valence-corrected chi connectivity index (χ2v) is 7.06. The summed E-state index contributed by atoms with van der Waals surface area (Å²) < 4.78 is 13.0. The van der Waals surface area contributed by atoms with Crippen LogP contribution in [0.2, 0.25) is 0 Å². The molecule has 1 atom stereocenters. The van der Waals surface area contributed by atoms with Gasteiger partial charge < -0.3 is 10.6 Å². The van der Waals surface area contributed by atoms with Crippen LogP contribution in [0.3, 0.4) is 0 Å². The third-order valence-electron chi connectivity index (χ3n) is 4.26. The molecule has 0 bridgehead atoms. The molecule has 26 heavy (non-hydrogen) atoms. The molecule has 1 aromatic heterocycles. The number of benzene rings is 2. The highest BCUT2D eigenvalue weighted by atomic mass is 32.1. The monoisotopic (exact) mass is 369 g/mol. The molecule has 3 rings (SSSR count). The van der Waals surface area contributed by atoms with Gasteiger partial charge in [0.15, 0.2) is 6.54 Å². The van der Waals surface area contributed by atoms with Gasteiger partial charge in [0.1, 0.15) is 11.9 Å². The number of halogens is 1. The predicted octanol–water partition coefficient (Wildman–Crippen LogP) is 3.74. The van der Waals surface area contributed by atoms with Gasteiger partial charge in [-0.2, -0.15) is 0 Å². The van der Waals surface area contributed by atoms with Gasteiger partial charge in [-0.1, -0.05) is 37.3 Å². The first-order valence-electron chi connectivity index (χ1n) is 8.66. The number of carbonyl (C=O) groups is 1. The van der Waals surface area contributed by atoms with Gasteiger partial charge in [0.25, 0.3) is 5.91 Å². The maximum absolute atomic E-state index is 13.0. The van der Waals surface area contributed by atoms with Crippen molar-refractivity contribution in [1.29, 1.82) is 0 Å². The van der Waals surface area contributed by atoms with Crippen molar-refractivity contribution < 1.29 is 14.5 Å². The predicted molar refractivity (Wildman–Crippen MR) is 104 cm³/mol. The van der Waals surface area contributed by atoms with Gasteiger partial charge in [-0.3, -0.25) is 4.79 Å². The lowest BCUT2D eigenvalue weighted by Gasteiger charge is -2.15. The fourth-order valence-electron chi connectivity index (χ4n) is 2.82. The minimum absolute atomic E-state index is 0.0832. The first-order valence-corrected chi connectivity index (χ1v) is 9.54. The standard InChI is InChI=1S/C21H21FN2OS/c1-2-15-5-7-16(8-6-15)21(19-4-3-13-26-19)23-14-20(25)24-18-11-9-17(22)10-12-18/h3-13,21,23H,2,14H2,1H3,(H,24,25)/p+1/t21-/m1/s1. The zero-order chi connectivity index (χ0) is 18.4. The SMILES string of the molecule is CCc1ccc([C@@H]([NH2+]CC(=O)Nc2ccc(F)cc2)c2cccs2)cc1. The van der Waals surface area contributed by atoms with Crippen LogP contribution in [0, 0.1) is 5.82 Å². The summed E-state index contributed by atoms with van der Waals surface area (Å²) >= 11 is 1.69. The minimum atomic E-state index is -0.317. The molecule has 0 spiro atoms. The molecule has 0 aliphatic heterocycles. The Morgan fingerprint density at radius 3 is 2.46 bits per heavy atom. The second-order valence-electron chi connectivity index (χ2n) is 6.08. The molecule has 0 fully saturated rings. The first kappa shape index (κ1) is 18.3. The summed E-state index contributed by atoms with van der Waals surface area (Å²) in [6, 6.07) is 18.6. The van der Waals surface area contributed by atoms with Crippen LogP contribution in [0.4, 0.5) is 10.1 Å². The van der Waals surface area contributed by atoms with E-state index in [4.69, 9.17) is 0 Å². The van der Waals surface area contributed by atoms with Crippen LogP contribution in [0.25, 0.3) is 0 Å². The van der Waals surface area contributed by atoms with E-state index in [1.54, 1.807) is 23.5 Å². The normalized spacial score (nSPS) is 11.9. The average molecular weight is 369 g/mol. The van der Waals surface area contributed by atoms with Crippen LogP contribution in [0.5, 0.6) is 0 Å². The van der Waals surface area contributed by atoms with Crippen LogP contribution >= 0.6 is 11.3 Å². The number of carbonyl (C=O) groups excluding carboxylic acids is 1. The Bertz CT molecular complexity index is 829. The average Bonchev–Trinajstić information content (AvgIpc) is 3.19. The molecular formula is C21H22FN2OS+. The number of hydrogen-bond acceptors (Lipinski definition) is 2. The third-order valence-corrected chi connectivity index (χ3v) is 5.22. The van der Waals surface area contributed by atoms with Gasteiger partial charge >= 0.3 is 0 Å². The van der Waals surface area contributed by atoms with Gasteiger partial charge in [-0.05, 0) is 47.7 Å². The summed E-state index contributed by atoms with van der Waals surface area (Å²) in [5.41, 5.74) is 3.08. The molecule has 1 heterocycles. The molecule has 0 aliphatic rings. The summed E-state index contributed by atoms with van der Waals surface area (Å²) in [5.74, 6) is -0.425. The number of rotatable bonds is 7. The Balaban J connectivity index is 1.67. The maximum Gasteiger partial charge on any atom is 0.279 e. The van der Waals surface area contributed by atoms with Crippen LogP contribution in [-0.4, -0.2) is 12.5 Å². The molecule has 3 N–H and O–H groups in total. The highest BCUT2D eigenvalue weighted by molar-refractivity contribution is 7.10. The molecule has 134 valence electrons. The van der Waals surface area contributed by atoms with Crippen molar-refractivity contribution in [2.45, 2.75) is 19.4 Å². The zero-order valence-electron chi connectivity index (χ0n) is 14.6. The van der Waals surface area contributed by atoms with E-state index in [2.05, 4.69) is 48.0 Å². The van der Waals surface area contributed by atoms with E-state index in [1.807, 2.05) is 11.4 Å². The van der Waals surface area contributed by atoms with Crippen molar-refractivity contribution >= 4 is 22.9 Å². The van der Waals surface area contributed by atoms with Gasteiger partial charge in [0, 0.05) is 11.3 Å². The van der Waals surface area contributed by atoms with Gasteiger partial charge in [0.05, 0.1) is 4.88 Å². The lowest BCUT2D eigenvalue weighted by atomic mass is 10.0. The summed E-state index contributed by atoms with van der Waals surface area (Å²) in [6.45, 7) is 2.42. The highest BCUT2D eigenvalue weighted by Gasteiger charge is 2.20. The number of aryl methyl sites for hydroxylation is 1. The smallest absolute Gasteiger partial charge is 0.279 e. The number of nitrogens with one attached hydrogen (secondary N) is 1. The lowest BCUT2D eigenvalue weighted by Crippen LogP contribution is -2.87. The second kappa shape index (κ2) is 8.74. The third kappa shape index (κ3) is 4.77. The molecule has 0 saturated heterocycles. The molecule has 0 radical (unpaired) electrons. The van der Waals surface area contributed by atoms with Crippen LogP contribution < -0.4 is 10.6 Å². The zero-order valence-corrected chi connectivity index (χ0v) is 15.4. The van der Waals surface area contributed by atoms with E-state index in [0.29, 0.717) is 5.69 Å². The van der Waals surface area contributed by atoms with E-state index in [0.717, 1.165) is 6.42 Å². The van der Waals surface area contributed by atoms with E-state index in [1.165, 1.54) is 28.1 Å².